The first kappa shape index (κ1) is 14.7. The number of hydrogen-bond donors (Lipinski definition) is 0. The molecule has 0 radical (unpaired) electrons. The van der Waals surface area contributed by atoms with Crippen LogP contribution in [0.4, 0.5) is 5.69 Å². The van der Waals surface area contributed by atoms with E-state index in [1.54, 1.807) is 12.1 Å². The minimum Gasteiger partial charge on any atom is -0.468 e. The van der Waals surface area contributed by atoms with E-state index >= 15 is 0 Å². The van der Waals surface area contributed by atoms with Gasteiger partial charge in [-0.2, -0.15) is 4.31 Å². The fourth-order valence-corrected chi connectivity index (χ4v) is 4.57. The Morgan fingerprint density at radius 1 is 1.23 bits per heavy atom. The molecule has 1 aliphatic heterocycles. The van der Waals surface area contributed by atoms with Crippen molar-refractivity contribution >= 4 is 15.7 Å². The van der Waals surface area contributed by atoms with Crippen LogP contribution in [0, 0.1) is 10.1 Å². The number of nitro groups is 1. The maximum atomic E-state index is 12.8. The van der Waals surface area contributed by atoms with Gasteiger partial charge in [0.05, 0.1) is 17.2 Å². The second-order valence-corrected chi connectivity index (χ2v) is 6.87. The summed E-state index contributed by atoms with van der Waals surface area (Å²) >= 11 is 0. The number of benzene rings is 1. The molecule has 1 fully saturated rings. The Kier molecular flexibility index (Phi) is 3.71. The van der Waals surface area contributed by atoms with Crippen LogP contribution in [0.1, 0.15) is 24.6 Å². The molecule has 7 nitrogen and oxygen atoms in total. The lowest BCUT2D eigenvalue weighted by atomic mass is 10.2. The molecule has 2 heterocycles. The molecular weight excluding hydrogens is 308 g/mol. The normalized spacial score (nSPS) is 19.4. The summed E-state index contributed by atoms with van der Waals surface area (Å²) in [6, 6.07) is 8.40. The van der Waals surface area contributed by atoms with Crippen LogP contribution >= 0.6 is 0 Å². The van der Waals surface area contributed by atoms with E-state index in [1.807, 2.05) is 0 Å². The number of nitrogens with zero attached hydrogens (tertiary/aromatic N) is 2. The van der Waals surface area contributed by atoms with Crippen LogP contribution in [0.25, 0.3) is 0 Å². The first-order chi connectivity index (χ1) is 10.5. The van der Waals surface area contributed by atoms with Gasteiger partial charge in [0.15, 0.2) is 4.90 Å². The minimum atomic E-state index is -3.96. The van der Waals surface area contributed by atoms with Crippen molar-refractivity contribution in [2.24, 2.45) is 0 Å². The molecule has 8 heteroatoms. The van der Waals surface area contributed by atoms with Crippen molar-refractivity contribution in [3.63, 3.8) is 0 Å². The third kappa shape index (κ3) is 2.40. The summed E-state index contributed by atoms with van der Waals surface area (Å²) in [6.07, 6.45) is 2.81. The minimum absolute atomic E-state index is 0.279. The molecule has 0 aliphatic carbocycles. The van der Waals surface area contributed by atoms with Crippen LogP contribution in [0.3, 0.4) is 0 Å². The number of nitro benzene ring substituents is 1. The average Bonchev–Trinajstić information content (AvgIpc) is 3.18. The predicted molar refractivity (Wildman–Crippen MR) is 77.7 cm³/mol. The predicted octanol–water partition coefficient (Wildman–Crippen LogP) is 2.71. The van der Waals surface area contributed by atoms with Crippen molar-refractivity contribution in [3.05, 3.63) is 58.5 Å². The summed E-state index contributed by atoms with van der Waals surface area (Å²) in [7, 11) is -3.96. The van der Waals surface area contributed by atoms with Gasteiger partial charge in [0, 0.05) is 12.6 Å². The number of sulfonamides is 1. The number of para-hydroxylation sites is 1. The van der Waals surface area contributed by atoms with Crippen LogP contribution < -0.4 is 0 Å². The highest BCUT2D eigenvalue weighted by Crippen LogP contribution is 2.38. The van der Waals surface area contributed by atoms with E-state index in [-0.39, 0.29) is 4.90 Å². The summed E-state index contributed by atoms with van der Waals surface area (Å²) in [6.45, 7) is 0.319. The van der Waals surface area contributed by atoms with Gasteiger partial charge in [-0.25, -0.2) is 8.42 Å². The molecule has 0 spiro atoms. The molecule has 0 bridgehead atoms. The van der Waals surface area contributed by atoms with Gasteiger partial charge in [-0.05, 0) is 31.0 Å². The third-order valence-corrected chi connectivity index (χ3v) is 5.68. The summed E-state index contributed by atoms with van der Waals surface area (Å²) in [5.41, 5.74) is -0.410. The second kappa shape index (κ2) is 5.54. The lowest BCUT2D eigenvalue weighted by molar-refractivity contribution is -0.387. The molecule has 0 N–H and O–H groups in total. The van der Waals surface area contributed by atoms with Gasteiger partial charge in [0.2, 0.25) is 0 Å². The van der Waals surface area contributed by atoms with E-state index in [4.69, 9.17) is 4.42 Å². The zero-order valence-corrected chi connectivity index (χ0v) is 12.4. The van der Waals surface area contributed by atoms with Crippen molar-refractivity contribution < 1.29 is 17.8 Å². The summed E-state index contributed by atoms with van der Waals surface area (Å²) in [5, 5.41) is 11.1. The standard InChI is InChI=1S/C14H14N2O5S/c17-16(18)12-5-1-2-8-14(12)22(19,20)15-9-3-6-11(15)13-7-4-10-21-13/h1-2,4-5,7-8,10-11H,3,6,9H2. The fraction of sp³-hybridized carbons (Fsp3) is 0.286. The molecule has 22 heavy (non-hydrogen) atoms. The molecule has 1 aromatic carbocycles. The van der Waals surface area contributed by atoms with Gasteiger partial charge in [-0.3, -0.25) is 10.1 Å². The first-order valence-corrected chi connectivity index (χ1v) is 8.24. The Labute approximate surface area is 127 Å². The van der Waals surface area contributed by atoms with Gasteiger partial charge < -0.3 is 4.42 Å². The zero-order valence-electron chi connectivity index (χ0n) is 11.6. The monoisotopic (exact) mass is 322 g/mol. The highest BCUT2D eigenvalue weighted by atomic mass is 32.2. The van der Waals surface area contributed by atoms with Gasteiger partial charge in [0.25, 0.3) is 15.7 Å². The summed E-state index contributed by atoms with van der Waals surface area (Å²) < 4.78 is 32.3. The SMILES string of the molecule is O=[N+]([O-])c1ccccc1S(=O)(=O)N1CCCC1c1ccco1. The van der Waals surface area contributed by atoms with E-state index < -0.39 is 26.7 Å². The van der Waals surface area contributed by atoms with Crippen molar-refractivity contribution in [1.82, 2.24) is 4.31 Å². The summed E-state index contributed by atoms with van der Waals surface area (Å²) in [4.78, 5) is 10.1. The smallest absolute Gasteiger partial charge is 0.289 e. The van der Waals surface area contributed by atoms with Crippen molar-refractivity contribution in [2.75, 3.05) is 6.54 Å². The Morgan fingerprint density at radius 3 is 2.68 bits per heavy atom. The molecular formula is C14H14N2O5S. The highest BCUT2D eigenvalue weighted by molar-refractivity contribution is 7.89. The zero-order chi connectivity index (χ0) is 15.7. The van der Waals surface area contributed by atoms with Gasteiger partial charge >= 0.3 is 0 Å². The van der Waals surface area contributed by atoms with E-state index in [0.717, 1.165) is 0 Å². The lowest BCUT2D eigenvalue weighted by Gasteiger charge is -2.22. The molecule has 0 saturated carbocycles. The quantitative estimate of drug-likeness (QED) is 0.637. The Morgan fingerprint density at radius 2 is 2.00 bits per heavy atom. The Balaban J connectivity index is 2.05. The number of furan rings is 1. The maximum absolute atomic E-state index is 12.8. The molecule has 116 valence electrons. The second-order valence-electron chi connectivity index (χ2n) is 5.01. The number of rotatable bonds is 4. The first-order valence-electron chi connectivity index (χ1n) is 6.80. The van der Waals surface area contributed by atoms with Crippen LogP contribution in [-0.2, 0) is 10.0 Å². The van der Waals surface area contributed by atoms with E-state index in [2.05, 4.69) is 0 Å². The molecule has 0 amide bonds. The largest absolute Gasteiger partial charge is 0.468 e. The van der Waals surface area contributed by atoms with Crippen LogP contribution in [0.2, 0.25) is 0 Å². The molecule has 1 saturated heterocycles. The van der Waals surface area contributed by atoms with Gasteiger partial charge in [-0.15, -0.1) is 0 Å². The topological polar surface area (TPSA) is 93.7 Å². The molecule has 3 rings (SSSR count). The lowest BCUT2D eigenvalue weighted by Crippen LogP contribution is -2.31. The van der Waals surface area contributed by atoms with Gasteiger partial charge in [0.1, 0.15) is 5.76 Å². The Bertz CT molecular complexity index is 785. The van der Waals surface area contributed by atoms with Gasteiger partial charge in [-0.1, -0.05) is 12.1 Å². The van der Waals surface area contributed by atoms with Crippen LogP contribution in [0.15, 0.2) is 52.0 Å². The molecule has 2 aromatic rings. The van der Waals surface area contributed by atoms with Crippen molar-refractivity contribution in [3.8, 4) is 0 Å². The highest BCUT2D eigenvalue weighted by Gasteiger charge is 2.40. The maximum Gasteiger partial charge on any atom is 0.289 e. The molecule has 1 aromatic heterocycles. The summed E-state index contributed by atoms with van der Waals surface area (Å²) in [5.74, 6) is 0.555. The third-order valence-electron chi connectivity index (χ3n) is 3.72. The number of hydrogen-bond acceptors (Lipinski definition) is 5. The average molecular weight is 322 g/mol. The molecule has 1 atom stereocenters. The van der Waals surface area contributed by atoms with E-state index in [1.165, 1.54) is 34.8 Å². The van der Waals surface area contributed by atoms with Crippen LogP contribution in [-0.4, -0.2) is 24.2 Å². The molecule has 1 unspecified atom stereocenters. The Hall–Kier alpha value is -2.19. The van der Waals surface area contributed by atoms with E-state index in [9.17, 15) is 18.5 Å². The fourth-order valence-electron chi connectivity index (χ4n) is 2.75. The van der Waals surface area contributed by atoms with Crippen LogP contribution in [0.5, 0.6) is 0 Å². The molecule has 1 aliphatic rings. The van der Waals surface area contributed by atoms with Crippen molar-refractivity contribution in [2.45, 2.75) is 23.8 Å². The van der Waals surface area contributed by atoms with Crippen molar-refractivity contribution in [1.29, 1.82) is 0 Å². The van der Waals surface area contributed by atoms with E-state index in [0.29, 0.717) is 25.1 Å².